The van der Waals surface area contributed by atoms with Crippen LogP contribution < -0.4 is 5.32 Å². The lowest BCUT2D eigenvalue weighted by molar-refractivity contribution is -0.384. The van der Waals surface area contributed by atoms with E-state index in [1.165, 1.54) is 31.2 Å². The van der Waals surface area contributed by atoms with Crippen molar-refractivity contribution < 1.29 is 19.2 Å². The minimum atomic E-state index is -1.11. The van der Waals surface area contributed by atoms with E-state index in [2.05, 4.69) is 10.2 Å². The summed E-state index contributed by atoms with van der Waals surface area (Å²) in [5, 5.41) is 14.2. The largest absolute Gasteiger partial charge is 0.449 e. The first kappa shape index (κ1) is 21.4. The average molecular weight is 434 g/mol. The highest BCUT2D eigenvalue weighted by Crippen LogP contribution is 2.28. The Morgan fingerprint density at radius 1 is 1.22 bits per heavy atom. The number of carbonyl (C=O) groups excluding carboxylic acids is 2. The molecule has 1 N–H and O–H groups in total. The van der Waals surface area contributed by atoms with E-state index in [9.17, 15) is 19.7 Å². The van der Waals surface area contributed by atoms with E-state index in [-0.39, 0.29) is 11.4 Å². The van der Waals surface area contributed by atoms with Crippen LogP contribution in [0.2, 0.25) is 0 Å². The Morgan fingerprint density at radius 3 is 2.78 bits per heavy atom. The number of rotatable bonds is 5. The van der Waals surface area contributed by atoms with Gasteiger partial charge in [0.1, 0.15) is 0 Å². The maximum absolute atomic E-state index is 13.2. The first-order chi connectivity index (χ1) is 15.3. The van der Waals surface area contributed by atoms with Crippen molar-refractivity contribution in [3.05, 3.63) is 75.5 Å². The number of likely N-dealkylation sites (N-methyl/N-ethyl adjacent to an activating group) is 1. The topological polar surface area (TPSA) is 115 Å². The molecule has 1 aliphatic rings. The molecular formula is C23H22N4O5. The van der Waals surface area contributed by atoms with E-state index in [0.717, 1.165) is 24.2 Å². The number of pyridine rings is 1. The van der Waals surface area contributed by atoms with Crippen molar-refractivity contribution in [2.75, 3.05) is 18.9 Å². The third kappa shape index (κ3) is 4.28. The lowest BCUT2D eigenvalue weighted by Crippen LogP contribution is -2.32. The summed E-state index contributed by atoms with van der Waals surface area (Å²) in [6.45, 7) is 2.87. The van der Waals surface area contributed by atoms with Gasteiger partial charge in [0.25, 0.3) is 11.6 Å². The molecule has 0 fully saturated rings. The van der Waals surface area contributed by atoms with Crippen LogP contribution in [0.3, 0.4) is 0 Å². The zero-order chi connectivity index (χ0) is 22.8. The number of nitrogens with zero attached hydrogens (tertiary/aromatic N) is 3. The normalized spacial score (nSPS) is 14.4. The maximum atomic E-state index is 13.2. The van der Waals surface area contributed by atoms with E-state index in [4.69, 9.17) is 9.72 Å². The third-order valence-corrected chi connectivity index (χ3v) is 5.42. The van der Waals surface area contributed by atoms with Crippen LogP contribution in [0.4, 0.5) is 11.4 Å². The van der Waals surface area contributed by atoms with Gasteiger partial charge in [-0.15, -0.1) is 0 Å². The molecule has 1 amide bonds. The number of hydrogen-bond acceptors (Lipinski definition) is 7. The number of para-hydroxylation sites is 1. The molecule has 0 radical (unpaired) electrons. The molecule has 0 saturated carbocycles. The summed E-state index contributed by atoms with van der Waals surface area (Å²) in [6.07, 6.45) is -0.384. The van der Waals surface area contributed by atoms with Crippen molar-refractivity contribution in [2.45, 2.75) is 26.0 Å². The molecule has 2 aromatic carbocycles. The maximum Gasteiger partial charge on any atom is 0.339 e. The molecule has 0 aliphatic carbocycles. The number of nitro groups is 1. The summed E-state index contributed by atoms with van der Waals surface area (Å²) in [5.74, 6) is -1.18. The number of non-ortho nitro benzene ring substituents is 1. The van der Waals surface area contributed by atoms with Gasteiger partial charge < -0.3 is 15.0 Å². The number of carbonyl (C=O) groups is 2. The molecule has 1 aliphatic heterocycles. The highest BCUT2D eigenvalue weighted by Gasteiger charge is 2.28. The van der Waals surface area contributed by atoms with Crippen molar-refractivity contribution in [2.24, 2.45) is 0 Å². The first-order valence-corrected chi connectivity index (χ1v) is 10.2. The number of nitrogens with one attached hydrogen (secondary N) is 1. The lowest BCUT2D eigenvalue weighted by Gasteiger charge is -2.27. The fourth-order valence-electron chi connectivity index (χ4n) is 3.77. The van der Waals surface area contributed by atoms with E-state index >= 15 is 0 Å². The van der Waals surface area contributed by atoms with Gasteiger partial charge in [0.05, 0.1) is 16.0 Å². The van der Waals surface area contributed by atoms with Crippen LogP contribution in [0, 0.1) is 10.1 Å². The molecule has 4 rings (SSSR count). The molecule has 2 heterocycles. The Bertz CT molecular complexity index is 1230. The van der Waals surface area contributed by atoms with Gasteiger partial charge in [0.15, 0.2) is 6.10 Å². The number of benzene rings is 2. The molecule has 3 aromatic rings. The van der Waals surface area contributed by atoms with E-state index in [1.54, 1.807) is 0 Å². The molecule has 32 heavy (non-hydrogen) atoms. The molecule has 164 valence electrons. The molecule has 0 bridgehead atoms. The van der Waals surface area contributed by atoms with Gasteiger partial charge in [-0.3, -0.25) is 19.9 Å². The molecular weight excluding hydrogens is 412 g/mol. The van der Waals surface area contributed by atoms with Crippen molar-refractivity contribution in [1.82, 2.24) is 9.88 Å². The number of ether oxygens (including phenoxy) is 1. The van der Waals surface area contributed by atoms with Gasteiger partial charge >= 0.3 is 5.97 Å². The van der Waals surface area contributed by atoms with Crippen molar-refractivity contribution in [3.63, 3.8) is 0 Å². The van der Waals surface area contributed by atoms with Gasteiger partial charge in [-0.1, -0.05) is 24.3 Å². The third-order valence-electron chi connectivity index (χ3n) is 5.42. The van der Waals surface area contributed by atoms with Gasteiger partial charge in [-0.05, 0) is 26.1 Å². The number of hydrogen-bond donors (Lipinski definition) is 1. The van der Waals surface area contributed by atoms with Crippen molar-refractivity contribution in [3.8, 4) is 0 Å². The smallest absolute Gasteiger partial charge is 0.339 e. The average Bonchev–Trinajstić information content (AvgIpc) is 2.77. The van der Waals surface area contributed by atoms with Crippen LogP contribution in [0.1, 0.15) is 28.5 Å². The summed E-state index contributed by atoms with van der Waals surface area (Å²) in [7, 11) is 1.97. The Kier molecular flexibility index (Phi) is 5.83. The first-order valence-electron chi connectivity index (χ1n) is 10.2. The highest BCUT2D eigenvalue weighted by atomic mass is 16.6. The molecule has 1 aromatic heterocycles. The summed E-state index contributed by atoms with van der Waals surface area (Å²) in [4.78, 5) is 43.0. The zero-order valence-corrected chi connectivity index (χ0v) is 17.7. The minimum Gasteiger partial charge on any atom is -0.449 e. The second-order valence-electron chi connectivity index (χ2n) is 7.76. The quantitative estimate of drug-likeness (QED) is 0.372. The Hall–Kier alpha value is -3.85. The summed E-state index contributed by atoms with van der Waals surface area (Å²) in [6, 6.07) is 12.9. The molecule has 0 saturated heterocycles. The number of esters is 1. The predicted molar refractivity (Wildman–Crippen MR) is 118 cm³/mol. The summed E-state index contributed by atoms with van der Waals surface area (Å²) in [5.41, 5.74) is 2.91. The summed E-state index contributed by atoms with van der Waals surface area (Å²) < 4.78 is 5.53. The van der Waals surface area contributed by atoms with Crippen LogP contribution in [0.15, 0.2) is 48.5 Å². The highest BCUT2D eigenvalue weighted by molar-refractivity contribution is 6.06. The standard InChI is InChI=1S/C23H22N4O5/c1-14(22(28)24-15-6-5-7-16(12-15)27(30)31)32-23(29)21-17-8-3-4-9-19(17)25-20-10-11-26(2)13-18(20)21/h3-9,12,14H,10-11,13H2,1-2H3,(H,24,28). The molecule has 1 unspecified atom stereocenters. The predicted octanol–water partition coefficient (Wildman–Crippen LogP) is 3.31. The van der Waals surface area contributed by atoms with Gasteiger partial charge in [0, 0.05) is 54.0 Å². The van der Waals surface area contributed by atoms with E-state index in [1.807, 2.05) is 31.3 Å². The lowest BCUT2D eigenvalue weighted by atomic mass is 9.96. The summed E-state index contributed by atoms with van der Waals surface area (Å²) >= 11 is 0. The molecule has 9 nitrogen and oxygen atoms in total. The van der Waals surface area contributed by atoms with E-state index < -0.39 is 22.9 Å². The van der Waals surface area contributed by atoms with Crippen LogP contribution >= 0.6 is 0 Å². The van der Waals surface area contributed by atoms with Crippen molar-refractivity contribution in [1.29, 1.82) is 0 Å². The SMILES string of the molecule is CC(OC(=O)c1c2c(nc3ccccc13)CCN(C)C2)C(=O)Nc1cccc([N+](=O)[O-])c1. The number of aromatic nitrogens is 1. The Morgan fingerprint density at radius 2 is 2.00 bits per heavy atom. The second-order valence-corrected chi connectivity index (χ2v) is 7.76. The van der Waals surface area contributed by atoms with Gasteiger partial charge in [-0.2, -0.15) is 0 Å². The number of anilines is 1. The fraction of sp³-hybridized carbons (Fsp3) is 0.261. The van der Waals surface area contributed by atoms with Crippen LogP contribution in [0.25, 0.3) is 10.9 Å². The number of fused-ring (bicyclic) bond motifs is 2. The van der Waals surface area contributed by atoms with Crippen LogP contribution in [-0.4, -0.2) is 46.4 Å². The molecule has 9 heteroatoms. The molecule has 1 atom stereocenters. The molecule has 0 spiro atoms. The van der Waals surface area contributed by atoms with Crippen LogP contribution in [0.5, 0.6) is 0 Å². The monoisotopic (exact) mass is 434 g/mol. The van der Waals surface area contributed by atoms with Gasteiger partial charge in [-0.25, -0.2) is 4.79 Å². The Labute approximate surface area is 184 Å². The Balaban J connectivity index is 1.58. The van der Waals surface area contributed by atoms with Crippen LogP contribution in [-0.2, 0) is 22.5 Å². The number of nitro benzene ring substituents is 1. The van der Waals surface area contributed by atoms with Crippen molar-refractivity contribution >= 4 is 34.2 Å². The minimum absolute atomic E-state index is 0.147. The number of amides is 1. The zero-order valence-electron chi connectivity index (χ0n) is 17.7. The van der Waals surface area contributed by atoms with E-state index in [0.29, 0.717) is 23.0 Å². The fourth-order valence-corrected chi connectivity index (χ4v) is 3.77. The van der Waals surface area contributed by atoms with Gasteiger partial charge in [0.2, 0.25) is 0 Å². The second kappa shape index (κ2) is 8.72.